The Labute approximate surface area is 163 Å². The zero-order valence-electron chi connectivity index (χ0n) is 14.1. The number of hydrogen-bond acceptors (Lipinski definition) is 2. The molecule has 0 amide bonds. The fourth-order valence-corrected chi connectivity index (χ4v) is 2.89. The summed E-state index contributed by atoms with van der Waals surface area (Å²) in [4.78, 5) is 6.61. The van der Waals surface area contributed by atoms with Gasteiger partial charge in [-0.1, -0.05) is 24.3 Å². The number of alkyl halides is 3. The van der Waals surface area contributed by atoms with Crippen molar-refractivity contribution in [2.45, 2.75) is 19.0 Å². The summed E-state index contributed by atoms with van der Waals surface area (Å²) in [5, 5.41) is 0. The van der Waals surface area contributed by atoms with Gasteiger partial charge < -0.3 is 0 Å². The van der Waals surface area contributed by atoms with Crippen LogP contribution in [0.2, 0.25) is 0 Å². The molecule has 1 aliphatic heterocycles. The van der Waals surface area contributed by atoms with E-state index in [0.29, 0.717) is 5.56 Å². The van der Waals surface area contributed by atoms with Crippen molar-refractivity contribution in [3.63, 3.8) is 0 Å². The molecule has 7 heteroatoms. The monoisotopic (exact) mass is 404 g/mol. The molecule has 0 saturated heterocycles. The topological polar surface area (TPSA) is 16.1 Å². The minimum absolute atomic E-state index is 0. The normalized spacial score (nSPS) is 14.8. The second-order valence-corrected chi connectivity index (χ2v) is 5.93. The van der Waals surface area contributed by atoms with Crippen molar-refractivity contribution in [1.82, 2.24) is 9.88 Å². The molecule has 3 rings (SSSR count). The zero-order chi connectivity index (χ0) is 17.0. The van der Waals surface area contributed by atoms with Gasteiger partial charge in [0.2, 0.25) is 0 Å². The lowest BCUT2D eigenvalue weighted by Crippen LogP contribution is -2.30. The largest absolute Gasteiger partial charge is 0.416 e. The quantitative estimate of drug-likeness (QED) is 0.689. The van der Waals surface area contributed by atoms with Crippen molar-refractivity contribution in [3.05, 3.63) is 71.6 Å². The maximum atomic E-state index is 12.8. The average molecular weight is 405 g/mol. The second kappa shape index (κ2) is 9.95. The summed E-state index contributed by atoms with van der Waals surface area (Å²) in [6.45, 7) is 2.52. The third-order valence-corrected chi connectivity index (χ3v) is 4.26. The van der Waals surface area contributed by atoms with Crippen LogP contribution in [0.25, 0.3) is 5.57 Å². The predicted molar refractivity (Wildman–Crippen MR) is 103 cm³/mol. The van der Waals surface area contributed by atoms with E-state index in [1.807, 2.05) is 24.3 Å². The van der Waals surface area contributed by atoms with E-state index in [9.17, 15) is 13.2 Å². The van der Waals surface area contributed by atoms with E-state index in [2.05, 4.69) is 9.88 Å². The minimum Gasteiger partial charge on any atom is -0.299 e. The van der Waals surface area contributed by atoms with Crippen molar-refractivity contribution in [2.24, 2.45) is 0 Å². The van der Waals surface area contributed by atoms with Crippen LogP contribution in [0.4, 0.5) is 13.2 Å². The Morgan fingerprint density at radius 3 is 2.46 bits per heavy atom. The number of aromatic nitrogens is 1. The summed E-state index contributed by atoms with van der Waals surface area (Å²) in [5.41, 5.74) is 2.15. The van der Waals surface area contributed by atoms with E-state index < -0.39 is 11.7 Å². The maximum absolute atomic E-state index is 12.8. The zero-order valence-corrected chi connectivity index (χ0v) is 15.7. The lowest BCUT2D eigenvalue weighted by Gasteiger charge is -2.26. The lowest BCUT2D eigenvalue weighted by molar-refractivity contribution is -0.137. The molecular weight excluding hydrogens is 384 g/mol. The van der Waals surface area contributed by atoms with Crippen LogP contribution in [-0.4, -0.2) is 29.5 Å². The molecule has 0 unspecified atom stereocenters. The SMILES string of the molecule is Cl.Cl.FC(F)(F)c1cccc(C2=CCN(CCc3ccccn3)CC2)c1. The molecule has 0 aliphatic carbocycles. The molecule has 26 heavy (non-hydrogen) atoms. The van der Waals surface area contributed by atoms with Gasteiger partial charge in [0.05, 0.1) is 5.56 Å². The van der Waals surface area contributed by atoms with Gasteiger partial charge in [0.15, 0.2) is 0 Å². The van der Waals surface area contributed by atoms with Crippen LogP contribution in [0, 0.1) is 0 Å². The Morgan fingerprint density at radius 1 is 1.04 bits per heavy atom. The number of pyridine rings is 1. The second-order valence-electron chi connectivity index (χ2n) is 5.93. The first-order chi connectivity index (χ1) is 11.5. The number of halogens is 5. The van der Waals surface area contributed by atoms with Gasteiger partial charge in [0.25, 0.3) is 0 Å². The molecule has 1 aromatic carbocycles. The van der Waals surface area contributed by atoms with E-state index in [-0.39, 0.29) is 24.8 Å². The third-order valence-electron chi connectivity index (χ3n) is 4.26. The van der Waals surface area contributed by atoms with Gasteiger partial charge in [0, 0.05) is 37.9 Å². The van der Waals surface area contributed by atoms with Crippen LogP contribution < -0.4 is 0 Å². The summed E-state index contributed by atoms with van der Waals surface area (Å²) in [5.74, 6) is 0. The number of benzene rings is 1. The molecule has 1 aliphatic rings. The van der Waals surface area contributed by atoms with Crippen molar-refractivity contribution in [3.8, 4) is 0 Å². The minimum atomic E-state index is -4.29. The highest BCUT2D eigenvalue weighted by molar-refractivity contribution is 5.85. The average Bonchev–Trinajstić information content (AvgIpc) is 2.61. The van der Waals surface area contributed by atoms with Gasteiger partial charge in [-0.2, -0.15) is 13.2 Å². The van der Waals surface area contributed by atoms with Crippen LogP contribution >= 0.6 is 24.8 Å². The molecular formula is C19H21Cl2F3N2. The van der Waals surface area contributed by atoms with E-state index in [1.54, 1.807) is 12.3 Å². The first-order valence-electron chi connectivity index (χ1n) is 8.01. The van der Waals surface area contributed by atoms with Crippen LogP contribution in [0.3, 0.4) is 0 Å². The molecule has 0 fully saturated rings. The number of rotatable bonds is 4. The van der Waals surface area contributed by atoms with Crippen LogP contribution in [0.5, 0.6) is 0 Å². The van der Waals surface area contributed by atoms with E-state index in [0.717, 1.165) is 49.8 Å². The Balaban J connectivity index is 0.00000169. The Bertz CT molecular complexity index is 718. The molecule has 142 valence electrons. The third kappa shape index (κ3) is 6.01. The van der Waals surface area contributed by atoms with E-state index in [1.165, 1.54) is 12.1 Å². The van der Waals surface area contributed by atoms with Crippen molar-refractivity contribution in [1.29, 1.82) is 0 Å². The fraction of sp³-hybridized carbons (Fsp3) is 0.316. The van der Waals surface area contributed by atoms with Crippen molar-refractivity contribution >= 4 is 30.4 Å². The highest BCUT2D eigenvalue weighted by atomic mass is 35.5. The maximum Gasteiger partial charge on any atom is 0.416 e. The first kappa shape index (κ1) is 22.5. The molecule has 2 heterocycles. The van der Waals surface area contributed by atoms with Gasteiger partial charge in [-0.3, -0.25) is 9.88 Å². The lowest BCUT2D eigenvalue weighted by atomic mass is 9.97. The highest BCUT2D eigenvalue weighted by Gasteiger charge is 2.30. The van der Waals surface area contributed by atoms with Gasteiger partial charge in [-0.25, -0.2) is 0 Å². The molecule has 1 aromatic heterocycles. The Hall–Kier alpha value is -1.56. The molecule has 0 bridgehead atoms. The summed E-state index contributed by atoms with van der Waals surface area (Å²) in [6, 6.07) is 11.5. The van der Waals surface area contributed by atoms with Crippen LogP contribution in [-0.2, 0) is 12.6 Å². The fourth-order valence-electron chi connectivity index (χ4n) is 2.89. The summed E-state index contributed by atoms with van der Waals surface area (Å²) in [7, 11) is 0. The van der Waals surface area contributed by atoms with Gasteiger partial charge in [-0.05, 0) is 41.8 Å². The Morgan fingerprint density at radius 2 is 1.85 bits per heavy atom. The molecule has 0 radical (unpaired) electrons. The standard InChI is InChI=1S/C19H19F3N2.2ClH/c20-19(21,22)17-5-3-4-16(14-17)15-7-11-24(12-8-15)13-9-18-6-1-2-10-23-18;;/h1-7,10,14H,8-9,11-13H2;2*1H. The van der Waals surface area contributed by atoms with E-state index >= 15 is 0 Å². The molecule has 0 N–H and O–H groups in total. The van der Waals surface area contributed by atoms with Crippen LogP contribution in [0.15, 0.2) is 54.7 Å². The van der Waals surface area contributed by atoms with E-state index in [4.69, 9.17) is 0 Å². The van der Waals surface area contributed by atoms with Gasteiger partial charge in [0.1, 0.15) is 0 Å². The number of hydrogen-bond donors (Lipinski definition) is 0. The molecule has 0 spiro atoms. The van der Waals surface area contributed by atoms with Gasteiger partial charge in [-0.15, -0.1) is 24.8 Å². The number of nitrogens with zero attached hydrogens (tertiary/aromatic N) is 2. The summed E-state index contributed by atoms with van der Waals surface area (Å²) in [6.07, 6.45) is 1.19. The summed E-state index contributed by atoms with van der Waals surface area (Å²) < 4.78 is 38.5. The Kier molecular flexibility index (Phi) is 8.60. The molecule has 2 nitrogen and oxygen atoms in total. The molecule has 0 saturated carbocycles. The smallest absolute Gasteiger partial charge is 0.299 e. The molecule has 0 atom stereocenters. The summed E-state index contributed by atoms with van der Waals surface area (Å²) >= 11 is 0. The van der Waals surface area contributed by atoms with Crippen molar-refractivity contribution < 1.29 is 13.2 Å². The van der Waals surface area contributed by atoms with Gasteiger partial charge >= 0.3 is 6.18 Å². The molecule has 2 aromatic rings. The first-order valence-corrected chi connectivity index (χ1v) is 8.01. The van der Waals surface area contributed by atoms with Crippen LogP contribution in [0.1, 0.15) is 23.2 Å². The van der Waals surface area contributed by atoms with Crippen molar-refractivity contribution in [2.75, 3.05) is 19.6 Å². The highest BCUT2D eigenvalue weighted by Crippen LogP contribution is 2.32. The predicted octanol–water partition coefficient (Wildman–Crippen LogP) is 5.28.